The lowest BCUT2D eigenvalue weighted by Crippen LogP contribution is -2.48. The van der Waals surface area contributed by atoms with Gasteiger partial charge >= 0.3 is 12.0 Å². The van der Waals surface area contributed by atoms with Crippen molar-refractivity contribution < 1.29 is 19.4 Å². The van der Waals surface area contributed by atoms with Crippen LogP contribution in [0.5, 0.6) is 0 Å². The van der Waals surface area contributed by atoms with Crippen molar-refractivity contribution in [1.82, 2.24) is 10.2 Å². The van der Waals surface area contributed by atoms with Gasteiger partial charge in [-0.2, -0.15) is 0 Å². The summed E-state index contributed by atoms with van der Waals surface area (Å²) in [5.74, 6) is -0.906. The number of morpholine rings is 1. The molecule has 3 rings (SSSR count). The zero-order valence-corrected chi connectivity index (χ0v) is 16.7. The molecule has 2 aromatic rings. The summed E-state index contributed by atoms with van der Waals surface area (Å²) in [6, 6.07) is 13.6. The van der Waals surface area contributed by atoms with Crippen molar-refractivity contribution >= 4 is 29.3 Å². The van der Waals surface area contributed by atoms with Crippen LogP contribution < -0.4 is 10.6 Å². The maximum atomic E-state index is 12.1. The first-order chi connectivity index (χ1) is 14.0. The monoisotopic (exact) mass is 417 g/mol. The van der Waals surface area contributed by atoms with Crippen molar-refractivity contribution in [2.75, 3.05) is 38.1 Å². The van der Waals surface area contributed by atoms with Crippen LogP contribution in [-0.4, -0.2) is 60.9 Å². The molecule has 3 N–H and O–H groups in total. The molecule has 1 aliphatic heterocycles. The highest BCUT2D eigenvalue weighted by molar-refractivity contribution is 6.30. The summed E-state index contributed by atoms with van der Waals surface area (Å²) >= 11 is 5.83. The molecule has 1 heterocycles. The second kappa shape index (κ2) is 10.2. The van der Waals surface area contributed by atoms with Gasteiger partial charge in [-0.3, -0.25) is 4.90 Å². The summed E-state index contributed by atoms with van der Waals surface area (Å²) in [6.07, 6.45) is 0.536. The first-order valence-electron chi connectivity index (χ1n) is 9.47. The first-order valence-corrected chi connectivity index (χ1v) is 9.84. The third kappa shape index (κ3) is 6.45. The Morgan fingerprint density at radius 3 is 2.69 bits per heavy atom. The van der Waals surface area contributed by atoms with Gasteiger partial charge in [-0.05, 0) is 42.3 Å². The Labute approximate surface area is 174 Å². The third-order valence-corrected chi connectivity index (χ3v) is 5.01. The Morgan fingerprint density at radius 2 is 1.93 bits per heavy atom. The molecule has 8 heteroatoms. The van der Waals surface area contributed by atoms with Crippen molar-refractivity contribution in [2.45, 2.75) is 12.5 Å². The van der Waals surface area contributed by atoms with E-state index in [1.54, 1.807) is 36.4 Å². The number of benzene rings is 2. The van der Waals surface area contributed by atoms with Crippen LogP contribution in [0.3, 0.4) is 0 Å². The molecule has 1 fully saturated rings. The second-order valence-corrected chi connectivity index (χ2v) is 7.28. The number of anilines is 1. The molecule has 1 atom stereocenters. The van der Waals surface area contributed by atoms with E-state index in [1.807, 2.05) is 12.1 Å². The molecule has 0 saturated carbocycles. The van der Waals surface area contributed by atoms with Crippen molar-refractivity contribution in [1.29, 1.82) is 0 Å². The van der Waals surface area contributed by atoms with E-state index in [1.165, 1.54) is 0 Å². The number of urea groups is 1. The fourth-order valence-corrected chi connectivity index (χ4v) is 3.37. The highest BCUT2D eigenvalue weighted by Gasteiger charge is 2.21. The van der Waals surface area contributed by atoms with E-state index in [0.717, 1.165) is 18.7 Å². The fourth-order valence-electron chi connectivity index (χ4n) is 3.25. The van der Waals surface area contributed by atoms with E-state index < -0.39 is 5.97 Å². The minimum absolute atomic E-state index is 0.116. The normalized spacial score (nSPS) is 16.9. The molecular weight excluding hydrogens is 394 g/mol. The third-order valence-electron chi connectivity index (χ3n) is 4.76. The van der Waals surface area contributed by atoms with Crippen LogP contribution in [0.2, 0.25) is 5.02 Å². The number of amides is 2. The average molecular weight is 418 g/mol. The van der Waals surface area contributed by atoms with Gasteiger partial charge in [0, 0.05) is 36.9 Å². The summed E-state index contributed by atoms with van der Waals surface area (Å²) in [5, 5.41) is 15.5. The van der Waals surface area contributed by atoms with Gasteiger partial charge in [0.25, 0.3) is 0 Å². The SMILES string of the molecule is O=C(NCC1CN(CCc2ccccc2C(=O)O)CCO1)Nc1ccc(Cl)cc1. The van der Waals surface area contributed by atoms with Gasteiger partial charge in [-0.15, -0.1) is 0 Å². The van der Waals surface area contributed by atoms with Crippen LogP contribution in [0.4, 0.5) is 10.5 Å². The van der Waals surface area contributed by atoms with E-state index in [4.69, 9.17) is 16.3 Å². The quantitative estimate of drug-likeness (QED) is 0.644. The lowest BCUT2D eigenvalue weighted by atomic mass is 10.0. The predicted molar refractivity (Wildman–Crippen MR) is 112 cm³/mol. The lowest BCUT2D eigenvalue weighted by molar-refractivity contribution is -0.0252. The number of hydrogen-bond acceptors (Lipinski definition) is 4. The minimum Gasteiger partial charge on any atom is -0.478 e. The number of halogens is 1. The molecule has 154 valence electrons. The number of rotatable bonds is 7. The molecule has 29 heavy (non-hydrogen) atoms. The standard InChI is InChI=1S/C21H24ClN3O4/c22-16-5-7-17(8-6-16)24-21(28)23-13-18-14-25(11-12-29-18)10-9-15-3-1-2-4-19(15)20(26)27/h1-8,18H,9-14H2,(H,26,27)(H2,23,24,28). The van der Waals surface area contributed by atoms with Gasteiger partial charge in [0.15, 0.2) is 0 Å². The number of carbonyl (C=O) groups is 2. The van der Waals surface area contributed by atoms with Gasteiger partial charge in [0.05, 0.1) is 18.3 Å². The molecule has 1 saturated heterocycles. The fraction of sp³-hybridized carbons (Fsp3) is 0.333. The summed E-state index contributed by atoms with van der Waals surface area (Å²) in [4.78, 5) is 25.6. The number of hydrogen-bond donors (Lipinski definition) is 3. The van der Waals surface area contributed by atoms with Crippen molar-refractivity contribution in [3.63, 3.8) is 0 Å². The van der Waals surface area contributed by atoms with E-state index in [0.29, 0.717) is 42.4 Å². The molecule has 0 radical (unpaired) electrons. The first kappa shape index (κ1) is 21.1. The van der Waals surface area contributed by atoms with E-state index in [9.17, 15) is 14.7 Å². The van der Waals surface area contributed by atoms with Gasteiger partial charge < -0.3 is 20.5 Å². The molecule has 0 bridgehead atoms. The minimum atomic E-state index is -0.906. The number of carboxylic acids is 1. The number of nitrogens with zero attached hydrogens (tertiary/aromatic N) is 1. The van der Waals surface area contributed by atoms with Crippen LogP contribution in [0.25, 0.3) is 0 Å². The van der Waals surface area contributed by atoms with Crippen LogP contribution in [-0.2, 0) is 11.2 Å². The van der Waals surface area contributed by atoms with Gasteiger partial charge in [0.2, 0.25) is 0 Å². The Balaban J connectivity index is 1.44. The van der Waals surface area contributed by atoms with Gasteiger partial charge in [-0.25, -0.2) is 9.59 Å². The smallest absolute Gasteiger partial charge is 0.335 e. The van der Waals surface area contributed by atoms with Crippen LogP contribution >= 0.6 is 11.6 Å². The Bertz CT molecular complexity index is 844. The predicted octanol–water partition coefficient (Wildman–Crippen LogP) is 3.10. The zero-order valence-electron chi connectivity index (χ0n) is 15.9. The molecule has 1 aliphatic rings. The molecule has 0 aromatic heterocycles. The van der Waals surface area contributed by atoms with Crippen LogP contribution in [0.15, 0.2) is 48.5 Å². The Morgan fingerprint density at radius 1 is 1.17 bits per heavy atom. The molecule has 1 unspecified atom stereocenters. The summed E-state index contributed by atoms with van der Waals surface area (Å²) in [7, 11) is 0. The molecule has 2 amide bonds. The maximum absolute atomic E-state index is 12.1. The van der Waals surface area contributed by atoms with Gasteiger partial charge in [0.1, 0.15) is 0 Å². The number of nitrogens with one attached hydrogen (secondary N) is 2. The molecular formula is C21H24ClN3O4. The molecule has 0 spiro atoms. The summed E-state index contributed by atoms with van der Waals surface area (Å²) in [5.41, 5.74) is 1.83. The number of carbonyl (C=O) groups excluding carboxylic acids is 1. The molecule has 2 aromatic carbocycles. The Kier molecular flexibility index (Phi) is 7.46. The summed E-state index contributed by atoms with van der Waals surface area (Å²) < 4.78 is 5.74. The highest BCUT2D eigenvalue weighted by Crippen LogP contribution is 2.14. The second-order valence-electron chi connectivity index (χ2n) is 6.85. The maximum Gasteiger partial charge on any atom is 0.335 e. The largest absolute Gasteiger partial charge is 0.478 e. The molecule has 0 aliphatic carbocycles. The van der Waals surface area contributed by atoms with E-state index in [-0.39, 0.29) is 12.1 Å². The number of carboxylic acid groups (broad SMARTS) is 1. The average Bonchev–Trinajstić information content (AvgIpc) is 2.73. The van der Waals surface area contributed by atoms with Crippen LogP contribution in [0.1, 0.15) is 15.9 Å². The highest BCUT2D eigenvalue weighted by atomic mass is 35.5. The van der Waals surface area contributed by atoms with E-state index in [2.05, 4.69) is 15.5 Å². The molecule has 7 nitrogen and oxygen atoms in total. The van der Waals surface area contributed by atoms with Crippen molar-refractivity contribution in [3.8, 4) is 0 Å². The van der Waals surface area contributed by atoms with Crippen molar-refractivity contribution in [2.24, 2.45) is 0 Å². The topological polar surface area (TPSA) is 90.9 Å². The van der Waals surface area contributed by atoms with E-state index >= 15 is 0 Å². The number of ether oxygens (including phenoxy) is 1. The summed E-state index contributed by atoms with van der Waals surface area (Å²) in [6.45, 7) is 3.16. The Hall–Kier alpha value is -2.61. The van der Waals surface area contributed by atoms with Gasteiger partial charge in [-0.1, -0.05) is 29.8 Å². The zero-order chi connectivity index (χ0) is 20.6. The van der Waals surface area contributed by atoms with Crippen LogP contribution in [0, 0.1) is 0 Å². The lowest BCUT2D eigenvalue weighted by Gasteiger charge is -2.33. The number of aromatic carboxylic acids is 1. The van der Waals surface area contributed by atoms with Crippen molar-refractivity contribution in [3.05, 3.63) is 64.7 Å².